The Morgan fingerprint density at radius 1 is 0.971 bits per heavy atom. The van der Waals surface area contributed by atoms with Gasteiger partial charge in [0.15, 0.2) is 6.10 Å². The van der Waals surface area contributed by atoms with Gasteiger partial charge in [-0.2, -0.15) is 0 Å². The number of hydroxylamine groups is 1. The number of carbonyl (C=O) groups is 3. The molecule has 0 bridgehead atoms. The van der Waals surface area contributed by atoms with Crippen LogP contribution in [0.4, 0.5) is 4.79 Å². The average molecular weight is 464 g/mol. The van der Waals surface area contributed by atoms with E-state index in [2.05, 4.69) is 5.32 Å². The van der Waals surface area contributed by atoms with Gasteiger partial charge in [-0.15, -0.1) is 0 Å². The van der Waals surface area contributed by atoms with E-state index in [-0.39, 0.29) is 17.9 Å². The number of ether oxygens (including phenoxy) is 2. The van der Waals surface area contributed by atoms with Gasteiger partial charge in [0.1, 0.15) is 11.9 Å². The lowest BCUT2D eigenvalue weighted by Gasteiger charge is -2.26. The summed E-state index contributed by atoms with van der Waals surface area (Å²) in [5.74, 6) is -1.42. The highest BCUT2D eigenvalue weighted by Gasteiger charge is 2.29. The largest absolute Gasteiger partial charge is 0.507 e. The summed E-state index contributed by atoms with van der Waals surface area (Å²) in [6.45, 7) is 1.92. The van der Waals surface area contributed by atoms with E-state index < -0.39 is 30.1 Å². The van der Waals surface area contributed by atoms with Gasteiger partial charge in [0.05, 0.1) is 0 Å². The highest BCUT2D eigenvalue weighted by Crippen LogP contribution is 2.35. The monoisotopic (exact) mass is 464 g/mol. The number of phenols is 1. The number of carbonyl (C=O) groups excluding carboxylic acids is 3. The van der Waals surface area contributed by atoms with Crippen LogP contribution in [0.5, 0.6) is 5.75 Å². The smallest absolute Gasteiger partial charge is 0.414 e. The van der Waals surface area contributed by atoms with Crippen molar-refractivity contribution in [1.82, 2.24) is 10.8 Å². The maximum absolute atomic E-state index is 12.7. The molecule has 34 heavy (non-hydrogen) atoms. The van der Waals surface area contributed by atoms with E-state index >= 15 is 0 Å². The predicted octanol–water partition coefficient (Wildman–Crippen LogP) is 3.62. The van der Waals surface area contributed by atoms with Crippen molar-refractivity contribution >= 4 is 28.7 Å². The van der Waals surface area contributed by atoms with E-state index in [9.17, 15) is 19.5 Å². The van der Waals surface area contributed by atoms with Gasteiger partial charge in [-0.05, 0) is 36.6 Å². The van der Waals surface area contributed by atoms with E-state index in [1.807, 2.05) is 0 Å². The van der Waals surface area contributed by atoms with Crippen LogP contribution >= 0.6 is 0 Å². The molecule has 0 aromatic heterocycles. The minimum Gasteiger partial charge on any atom is -0.507 e. The summed E-state index contributed by atoms with van der Waals surface area (Å²) in [4.78, 5) is 36.7. The maximum atomic E-state index is 12.7. The Labute approximate surface area is 195 Å². The standard InChI is InChI=1S/C25H24N2O7/c1-2-33-21(14-15-22(29)27-32)23(19-12-13-20(28)18-11-7-6-10-17(18)19)34-25(31)26-24(30)16-8-4-3-5-9-16/h3-15,21,23,28,32H,2H2,1H3,(H,27,29)(H,26,30,31)/b15-14+/t21-,23-/m1/s1. The molecule has 2 atom stereocenters. The molecular formula is C25H24N2O7. The van der Waals surface area contributed by atoms with Crippen LogP contribution in [0.15, 0.2) is 78.9 Å². The van der Waals surface area contributed by atoms with Crippen molar-refractivity contribution in [2.45, 2.75) is 19.1 Å². The second-order valence-electron chi connectivity index (χ2n) is 7.12. The first-order valence-corrected chi connectivity index (χ1v) is 10.5. The molecule has 9 heteroatoms. The predicted molar refractivity (Wildman–Crippen MR) is 123 cm³/mol. The quantitative estimate of drug-likeness (QED) is 0.227. The molecule has 0 saturated heterocycles. The number of imide groups is 1. The van der Waals surface area contributed by atoms with E-state index in [1.165, 1.54) is 17.6 Å². The molecule has 0 saturated carbocycles. The van der Waals surface area contributed by atoms with Gasteiger partial charge >= 0.3 is 6.09 Å². The molecule has 0 heterocycles. The van der Waals surface area contributed by atoms with E-state index in [0.29, 0.717) is 16.3 Å². The third-order valence-corrected chi connectivity index (χ3v) is 4.93. The van der Waals surface area contributed by atoms with E-state index in [4.69, 9.17) is 14.7 Å². The summed E-state index contributed by atoms with van der Waals surface area (Å²) < 4.78 is 11.4. The fourth-order valence-electron chi connectivity index (χ4n) is 3.42. The molecule has 0 aliphatic rings. The van der Waals surface area contributed by atoms with Crippen molar-refractivity contribution in [3.05, 3.63) is 90.0 Å². The summed E-state index contributed by atoms with van der Waals surface area (Å²) in [7, 11) is 0. The molecule has 3 amide bonds. The van der Waals surface area contributed by atoms with Crippen LogP contribution in [0, 0.1) is 0 Å². The van der Waals surface area contributed by atoms with Crippen LogP contribution < -0.4 is 10.8 Å². The topological polar surface area (TPSA) is 134 Å². The fraction of sp³-hybridized carbons (Fsp3) is 0.160. The van der Waals surface area contributed by atoms with Crippen LogP contribution in [-0.2, 0) is 14.3 Å². The second-order valence-corrected chi connectivity index (χ2v) is 7.12. The first kappa shape index (κ1) is 24.4. The van der Waals surface area contributed by atoms with Gasteiger partial charge in [0, 0.05) is 29.2 Å². The molecule has 3 aromatic carbocycles. The summed E-state index contributed by atoms with van der Waals surface area (Å²) in [6, 6.07) is 18.1. The molecule has 0 unspecified atom stereocenters. The van der Waals surface area contributed by atoms with E-state index in [1.54, 1.807) is 67.6 Å². The van der Waals surface area contributed by atoms with Crippen LogP contribution in [0.2, 0.25) is 0 Å². The maximum Gasteiger partial charge on any atom is 0.414 e. The van der Waals surface area contributed by atoms with Gasteiger partial charge in [-0.3, -0.25) is 20.1 Å². The lowest BCUT2D eigenvalue weighted by Crippen LogP contribution is -2.35. The molecule has 0 spiro atoms. The number of hydrogen-bond donors (Lipinski definition) is 4. The van der Waals surface area contributed by atoms with Crippen LogP contribution in [0.3, 0.4) is 0 Å². The van der Waals surface area contributed by atoms with Crippen LogP contribution in [0.25, 0.3) is 10.8 Å². The SMILES string of the molecule is CCO[C@H](/C=C/C(=O)NO)[C@H](OC(=O)NC(=O)c1ccccc1)c1ccc(O)c2ccccc12. The lowest BCUT2D eigenvalue weighted by molar-refractivity contribution is -0.124. The Kier molecular flexibility index (Phi) is 8.33. The summed E-state index contributed by atoms with van der Waals surface area (Å²) >= 11 is 0. The minimum absolute atomic E-state index is 0.0324. The number of fused-ring (bicyclic) bond motifs is 1. The van der Waals surface area contributed by atoms with Crippen LogP contribution in [0.1, 0.15) is 28.9 Å². The van der Waals surface area contributed by atoms with Gasteiger partial charge in [0.25, 0.3) is 11.8 Å². The third kappa shape index (κ3) is 5.97. The molecule has 3 aromatic rings. The molecule has 0 aliphatic heterocycles. The molecule has 0 aliphatic carbocycles. The molecule has 4 N–H and O–H groups in total. The van der Waals surface area contributed by atoms with Crippen LogP contribution in [-0.4, -0.2) is 40.9 Å². The number of hydrogen-bond acceptors (Lipinski definition) is 7. The molecular weight excluding hydrogens is 440 g/mol. The van der Waals surface area contributed by atoms with Crippen molar-refractivity contribution in [2.24, 2.45) is 0 Å². The Balaban J connectivity index is 1.99. The highest BCUT2D eigenvalue weighted by molar-refractivity contribution is 6.03. The van der Waals surface area contributed by atoms with Crippen molar-refractivity contribution in [2.75, 3.05) is 6.61 Å². The number of phenolic OH excluding ortho intramolecular Hbond substituents is 1. The molecule has 0 fully saturated rings. The summed E-state index contributed by atoms with van der Waals surface area (Å²) in [5, 5.41) is 22.3. The van der Waals surface area contributed by atoms with Gasteiger partial charge in [0.2, 0.25) is 0 Å². The Bertz CT molecular complexity index is 1190. The number of rotatable bonds is 8. The number of aromatic hydroxyl groups is 1. The highest BCUT2D eigenvalue weighted by atomic mass is 16.6. The minimum atomic E-state index is -1.11. The first-order valence-electron chi connectivity index (χ1n) is 10.5. The van der Waals surface area contributed by atoms with Crippen molar-refractivity contribution < 1.29 is 34.2 Å². The summed E-state index contributed by atoms with van der Waals surface area (Å²) in [6.07, 6.45) is -0.745. The Hall–Kier alpha value is -4.21. The number of benzene rings is 3. The van der Waals surface area contributed by atoms with Gasteiger partial charge in [-0.1, -0.05) is 48.5 Å². The Morgan fingerprint density at radius 3 is 2.32 bits per heavy atom. The number of nitrogens with one attached hydrogen (secondary N) is 2. The molecule has 0 radical (unpaired) electrons. The van der Waals surface area contributed by atoms with Gasteiger partial charge in [-0.25, -0.2) is 10.3 Å². The second kappa shape index (κ2) is 11.6. The number of amides is 3. The zero-order chi connectivity index (χ0) is 24.5. The van der Waals surface area contributed by atoms with Gasteiger partial charge < -0.3 is 14.6 Å². The molecule has 3 rings (SSSR count). The van der Waals surface area contributed by atoms with Crippen molar-refractivity contribution in [3.8, 4) is 5.75 Å². The Morgan fingerprint density at radius 2 is 1.65 bits per heavy atom. The van der Waals surface area contributed by atoms with Crippen molar-refractivity contribution in [3.63, 3.8) is 0 Å². The molecule has 9 nitrogen and oxygen atoms in total. The van der Waals surface area contributed by atoms with Crippen molar-refractivity contribution in [1.29, 1.82) is 0 Å². The summed E-state index contributed by atoms with van der Waals surface area (Å²) in [5.41, 5.74) is 2.23. The fourth-order valence-corrected chi connectivity index (χ4v) is 3.42. The normalized spacial score (nSPS) is 12.8. The molecule has 176 valence electrons. The third-order valence-electron chi connectivity index (χ3n) is 4.93. The average Bonchev–Trinajstić information content (AvgIpc) is 2.86. The first-order chi connectivity index (χ1) is 16.4. The zero-order valence-electron chi connectivity index (χ0n) is 18.3. The zero-order valence-corrected chi connectivity index (χ0v) is 18.3. The van der Waals surface area contributed by atoms with E-state index in [0.717, 1.165) is 6.08 Å². The lowest BCUT2D eigenvalue weighted by atomic mass is 9.96. The number of alkyl carbamates (subject to hydrolysis) is 1.